The Labute approximate surface area is 104 Å². The summed E-state index contributed by atoms with van der Waals surface area (Å²) in [5.41, 5.74) is 0. The third-order valence-corrected chi connectivity index (χ3v) is 3.81. The summed E-state index contributed by atoms with van der Waals surface area (Å²) >= 11 is 0. The van der Waals surface area contributed by atoms with Crippen molar-refractivity contribution in [3.63, 3.8) is 0 Å². The Kier molecular flexibility index (Phi) is 4.60. The molecule has 0 radical (unpaired) electrons. The molecule has 0 saturated heterocycles. The molecule has 0 aromatic carbocycles. The minimum atomic E-state index is 0.0131. The van der Waals surface area contributed by atoms with Crippen LogP contribution in [0.2, 0.25) is 0 Å². The highest BCUT2D eigenvalue weighted by molar-refractivity contribution is 5.74. The highest BCUT2D eigenvalue weighted by Crippen LogP contribution is 2.43. The Balaban J connectivity index is 1.57. The Morgan fingerprint density at radius 2 is 2.24 bits per heavy atom. The molecule has 3 atom stereocenters. The first-order valence-corrected chi connectivity index (χ1v) is 6.87. The number of allylic oxidation sites excluding steroid dienone is 2. The number of ether oxygens (including phenoxy) is 1. The fourth-order valence-electron chi connectivity index (χ4n) is 2.81. The molecule has 2 aliphatic rings. The number of unbranched alkanes of at least 4 members (excludes halogenated alkanes) is 1. The van der Waals surface area contributed by atoms with E-state index in [1.54, 1.807) is 0 Å². The Hall–Kier alpha value is -0.830. The topological polar surface area (TPSA) is 38.3 Å². The normalized spacial score (nSPS) is 29.8. The Bertz CT molecular complexity index is 288. The lowest BCUT2D eigenvalue weighted by Crippen LogP contribution is -2.26. The van der Waals surface area contributed by atoms with Gasteiger partial charge in [0, 0.05) is 6.54 Å². The van der Waals surface area contributed by atoms with E-state index in [-0.39, 0.29) is 11.9 Å². The maximum Gasteiger partial charge on any atom is 0.309 e. The molecule has 17 heavy (non-hydrogen) atoms. The van der Waals surface area contributed by atoms with Crippen molar-refractivity contribution in [2.24, 2.45) is 17.8 Å². The molecule has 3 unspecified atom stereocenters. The highest BCUT2D eigenvalue weighted by Gasteiger charge is 2.40. The zero-order chi connectivity index (χ0) is 12.1. The summed E-state index contributed by atoms with van der Waals surface area (Å²) in [6.07, 6.45) is 8.99. The monoisotopic (exact) mass is 237 g/mol. The minimum Gasteiger partial charge on any atom is -0.464 e. The molecule has 3 nitrogen and oxygen atoms in total. The second-order valence-electron chi connectivity index (χ2n) is 5.16. The molecule has 3 heteroatoms. The molecular weight excluding hydrogens is 214 g/mol. The van der Waals surface area contributed by atoms with Gasteiger partial charge in [-0.25, -0.2) is 0 Å². The average Bonchev–Trinajstić information content (AvgIpc) is 2.95. The summed E-state index contributed by atoms with van der Waals surface area (Å²) in [4.78, 5) is 11.8. The lowest BCUT2D eigenvalue weighted by atomic mass is 9.94. The van der Waals surface area contributed by atoms with E-state index in [1.807, 2.05) is 0 Å². The molecular formula is C14H23NO2. The summed E-state index contributed by atoms with van der Waals surface area (Å²) in [5, 5.41) is 3.28. The van der Waals surface area contributed by atoms with E-state index >= 15 is 0 Å². The van der Waals surface area contributed by atoms with Crippen molar-refractivity contribution in [2.45, 2.75) is 32.6 Å². The van der Waals surface area contributed by atoms with E-state index in [1.165, 1.54) is 12.8 Å². The predicted octanol–water partition coefficient (Wildman–Crippen LogP) is 2.13. The van der Waals surface area contributed by atoms with Crippen molar-refractivity contribution in [1.29, 1.82) is 0 Å². The van der Waals surface area contributed by atoms with Gasteiger partial charge in [-0.3, -0.25) is 4.79 Å². The molecule has 2 rings (SSSR count). The first-order valence-electron chi connectivity index (χ1n) is 6.87. The molecule has 0 spiro atoms. The smallest absolute Gasteiger partial charge is 0.309 e. The van der Waals surface area contributed by atoms with E-state index in [4.69, 9.17) is 4.74 Å². The number of hydrogen-bond donors (Lipinski definition) is 1. The van der Waals surface area contributed by atoms with Crippen LogP contribution in [0.4, 0.5) is 0 Å². The molecule has 96 valence electrons. The third kappa shape index (κ3) is 3.32. The molecule has 2 aliphatic carbocycles. The van der Waals surface area contributed by atoms with Crippen LogP contribution >= 0.6 is 0 Å². The Morgan fingerprint density at radius 3 is 2.88 bits per heavy atom. The van der Waals surface area contributed by atoms with Crippen molar-refractivity contribution in [1.82, 2.24) is 5.32 Å². The zero-order valence-electron chi connectivity index (χ0n) is 10.7. The lowest BCUT2D eigenvalue weighted by Gasteiger charge is -2.16. The first-order chi connectivity index (χ1) is 8.31. The molecule has 2 bridgehead atoms. The van der Waals surface area contributed by atoms with Crippen LogP contribution in [-0.2, 0) is 9.53 Å². The SMILES string of the molecule is CCCCNCCOC(=O)C1CC2C=CC1C2. The van der Waals surface area contributed by atoms with Crippen molar-refractivity contribution >= 4 is 5.97 Å². The number of fused-ring (bicyclic) bond motifs is 2. The molecule has 0 aliphatic heterocycles. The maximum absolute atomic E-state index is 11.8. The summed E-state index contributed by atoms with van der Waals surface area (Å²) in [6, 6.07) is 0. The number of carbonyl (C=O) groups excluding carboxylic acids is 1. The number of esters is 1. The van der Waals surface area contributed by atoms with Crippen LogP contribution in [0.1, 0.15) is 32.6 Å². The van der Waals surface area contributed by atoms with E-state index < -0.39 is 0 Å². The molecule has 1 saturated carbocycles. The molecule has 0 heterocycles. The van der Waals surface area contributed by atoms with Gasteiger partial charge in [-0.15, -0.1) is 0 Å². The summed E-state index contributed by atoms with van der Waals surface area (Å²) in [6.45, 7) is 4.48. The number of hydrogen-bond acceptors (Lipinski definition) is 3. The second kappa shape index (κ2) is 6.20. The van der Waals surface area contributed by atoms with Gasteiger partial charge in [0.2, 0.25) is 0 Å². The van der Waals surface area contributed by atoms with Gasteiger partial charge >= 0.3 is 5.97 Å². The van der Waals surface area contributed by atoms with Crippen molar-refractivity contribution in [2.75, 3.05) is 19.7 Å². The summed E-state index contributed by atoms with van der Waals surface area (Å²) < 4.78 is 5.32. The van der Waals surface area contributed by atoms with Gasteiger partial charge in [0.15, 0.2) is 0 Å². The van der Waals surface area contributed by atoms with Crippen LogP contribution in [0.5, 0.6) is 0 Å². The van der Waals surface area contributed by atoms with E-state index in [0.717, 1.165) is 25.9 Å². The van der Waals surface area contributed by atoms with Gasteiger partial charge < -0.3 is 10.1 Å². The second-order valence-corrected chi connectivity index (χ2v) is 5.16. The molecule has 0 amide bonds. The Morgan fingerprint density at radius 1 is 1.35 bits per heavy atom. The van der Waals surface area contributed by atoms with E-state index in [2.05, 4.69) is 24.4 Å². The fourth-order valence-corrected chi connectivity index (χ4v) is 2.81. The third-order valence-electron chi connectivity index (χ3n) is 3.81. The number of rotatable bonds is 7. The quantitative estimate of drug-likeness (QED) is 0.419. The molecule has 1 N–H and O–H groups in total. The zero-order valence-corrected chi connectivity index (χ0v) is 10.7. The molecule has 0 aromatic heterocycles. The van der Waals surface area contributed by atoms with Gasteiger partial charge in [-0.1, -0.05) is 25.5 Å². The van der Waals surface area contributed by atoms with Gasteiger partial charge in [-0.05, 0) is 37.6 Å². The fraction of sp³-hybridized carbons (Fsp3) is 0.786. The first kappa shape index (κ1) is 12.6. The van der Waals surface area contributed by atoms with Crippen LogP contribution in [0.15, 0.2) is 12.2 Å². The van der Waals surface area contributed by atoms with Crippen LogP contribution < -0.4 is 5.32 Å². The highest BCUT2D eigenvalue weighted by atomic mass is 16.5. The van der Waals surface area contributed by atoms with Gasteiger partial charge in [0.05, 0.1) is 5.92 Å². The standard InChI is InChI=1S/C14H23NO2/c1-2-3-6-15-7-8-17-14(16)13-10-11-4-5-12(13)9-11/h4-5,11-13,15H,2-3,6-10H2,1H3. The van der Waals surface area contributed by atoms with E-state index in [9.17, 15) is 4.79 Å². The predicted molar refractivity (Wildman–Crippen MR) is 67.6 cm³/mol. The van der Waals surface area contributed by atoms with Crippen LogP contribution in [0.3, 0.4) is 0 Å². The molecule has 0 aromatic rings. The summed E-state index contributed by atoms with van der Waals surface area (Å²) in [5.74, 6) is 1.25. The largest absolute Gasteiger partial charge is 0.464 e. The van der Waals surface area contributed by atoms with Crippen LogP contribution in [-0.4, -0.2) is 25.7 Å². The average molecular weight is 237 g/mol. The number of carbonyl (C=O) groups is 1. The van der Waals surface area contributed by atoms with Crippen molar-refractivity contribution in [3.05, 3.63) is 12.2 Å². The van der Waals surface area contributed by atoms with Crippen LogP contribution in [0.25, 0.3) is 0 Å². The number of nitrogens with one attached hydrogen (secondary N) is 1. The lowest BCUT2D eigenvalue weighted by molar-refractivity contribution is -0.149. The van der Waals surface area contributed by atoms with Gasteiger partial charge in [-0.2, -0.15) is 0 Å². The van der Waals surface area contributed by atoms with E-state index in [0.29, 0.717) is 18.4 Å². The van der Waals surface area contributed by atoms with Gasteiger partial charge in [0.1, 0.15) is 6.61 Å². The summed E-state index contributed by atoms with van der Waals surface area (Å²) in [7, 11) is 0. The maximum atomic E-state index is 11.8. The minimum absolute atomic E-state index is 0.0131. The van der Waals surface area contributed by atoms with Crippen molar-refractivity contribution < 1.29 is 9.53 Å². The van der Waals surface area contributed by atoms with Gasteiger partial charge in [0.25, 0.3) is 0 Å². The molecule has 1 fully saturated rings. The van der Waals surface area contributed by atoms with Crippen LogP contribution in [0, 0.1) is 17.8 Å². The van der Waals surface area contributed by atoms with Crippen molar-refractivity contribution in [3.8, 4) is 0 Å².